The lowest BCUT2D eigenvalue weighted by atomic mass is 10.3. The summed E-state index contributed by atoms with van der Waals surface area (Å²) in [5.41, 5.74) is 0. The molecule has 0 N–H and O–H groups in total. The Hall–Kier alpha value is -0.660. The first-order valence-corrected chi connectivity index (χ1v) is 3.68. The second-order valence-corrected chi connectivity index (χ2v) is 2.90. The molecule has 0 spiro atoms. The zero-order chi connectivity index (χ0) is 7.98. The van der Waals surface area contributed by atoms with Gasteiger partial charge in [-0.15, -0.1) is 0 Å². The molecule has 10 heavy (non-hydrogen) atoms. The quantitative estimate of drug-likeness (QED) is 0.424. The van der Waals surface area contributed by atoms with Crippen molar-refractivity contribution >= 4 is 12.6 Å². The third-order valence-electron chi connectivity index (χ3n) is 0.816. The molecule has 0 saturated heterocycles. The zero-order valence-electron chi connectivity index (χ0n) is 7.20. The first-order valence-electron chi connectivity index (χ1n) is 3.68. The maximum Gasteiger partial charge on any atom is 0.109 e. The smallest absolute Gasteiger partial charge is 0.109 e. The summed E-state index contributed by atoms with van der Waals surface area (Å²) in [6.45, 7) is 8.24. The molecule has 0 fully saturated rings. The van der Waals surface area contributed by atoms with Gasteiger partial charge in [-0.25, -0.2) is 4.99 Å². The third-order valence-corrected chi connectivity index (χ3v) is 0.816. The highest BCUT2D eigenvalue weighted by molar-refractivity contribution is 5.73. The van der Waals surface area contributed by atoms with Crippen LogP contribution in [0.25, 0.3) is 0 Å². The van der Waals surface area contributed by atoms with E-state index in [4.69, 9.17) is 0 Å². The molecule has 0 aliphatic carbocycles. The van der Waals surface area contributed by atoms with Crippen LogP contribution in [0.5, 0.6) is 0 Å². The highest BCUT2D eigenvalue weighted by Gasteiger charge is 1.82. The molecule has 0 atom stereocenters. The molecular weight excluding hydrogens is 124 g/mol. The van der Waals surface area contributed by atoms with Crippen molar-refractivity contribution in [3.8, 4) is 0 Å². The van der Waals surface area contributed by atoms with Crippen LogP contribution in [0.2, 0.25) is 0 Å². The van der Waals surface area contributed by atoms with Crippen molar-refractivity contribution in [2.75, 3.05) is 0 Å². The molecular formula is C8H16N2. The van der Waals surface area contributed by atoms with Gasteiger partial charge in [-0.3, -0.25) is 4.99 Å². The minimum Gasteiger partial charge on any atom is -0.271 e. The molecule has 58 valence electrons. The summed E-state index contributed by atoms with van der Waals surface area (Å²) < 4.78 is 0. The number of hydrogen-bond donors (Lipinski definition) is 0. The van der Waals surface area contributed by atoms with Gasteiger partial charge >= 0.3 is 0 Å². The first kappa shape index (κ1) is 9.34. The Morgan fingerprint density at radius 3 is 2.10 bits per heavy atom. The molecule has 0 rings (SSSR count). The molecule has 0 aliphatic rings. The summed E-state index contributed by atoms with van der Waals surface area (Å²) in [5, 5.41) is 0. The minimum absolute atomic E-state index is 0.351. The number of hydrogen-bond acceptors (Lipinski definition) is 1. The molecule has 0 aromatic rings. The Bertz CT molecular complexity index is 107. The Balaban J connectivity index is 3.52. The second-order valence-electron chi connectivity index (χ2n) is 2.90. The van der Waals surface area contributed by atoms with Gasteiger partial charge in [0.05, 0.1) is 0 Å². The fourth-order valence-corrected chi connectivity index (χ4v) is 0.382. The summed E-state index contributed by atoms with van der Waals surface area (Å²) in [6, 6.07) is 0.351. The molecule has 2 nitrogen and oxygen atoms in total. The summed E-state index contributed by atoms with van der Waals surface area (Å²) in [5.74, 6) is 0.513. The van der Waals surface area contributed by atoms with Crippen LogP contribution < -0.4 is 0 Å². The molecule has 0 radical (unpaired) electrons. The van der Waals surface area contributed by atoms with Crippen LogP contribution in [-0.4, -0.2) is 18.6 Å². The lowest BCUT2D eigenvalue weighted by molar-refractivity contribution is 0.838. The van der Waals surface area contributed by atoms with E-state index in [0.717, 1.165) is 0 Å². The van der Waals surface area contributed by atoms with E-state index in [1.54, 1.807) is 6.34 Å². The van der Waals surface area contributed by atoms with Crippen molar-refractivity contribution in [2.45, 2.75) is 33.7 Å². The molecule has 0 aromatic carbocycles. The molecule has 0 amide bonds. The van der Waals surface area contributed by atoms with E-state index < -0.39 is 0 Å². The fourth-order valence-electron chi connectivity index (χ4n) is 0.382. The van der Waals surface area contributed by atoms with Crippen molar-refractivity contribution in [2.24, 2.45) is 15.9 Å². The Kier molecular flexibility index (Phi) is 4.81. The van der Waals surface area contributed by atoms with Crippen LogP contribution in [0, 0.1) is 5.92 Å². The fraction of sp³-hybridized carbons (Fsp3) is 0.750. The van der Waals surface area contributed by atoms with Gasteiger partial charge in [-0.1, -0.05) is 13.8 Å². The van der Waals surface area contributed by atoms with E-state index in [2.05, 4.69) is 23.8 Å². The van der Waals surface area contributed by atoms with Crippen LogP contribution in [-0.2, 0) is 0 Å². The van der Waals surface area contributed by atoms with Gasteiger partial charge < -0.3 is 0 Å². The van der Waals surface area contributed by atoms with E-state index in [-0.39, 0.29) is 0 Å². The predicted octanol–water partition coefficient (Wildman–Crippen LogP) is 2.15. The first-order chi connectivity index (χ1) is 4.63. The van der Waals surface area contributed by atoms with E-state index in [9.17, 15) is 0 Å². The van der Waals surface area contributed by atoms with Crippen LogP contribution in [0.4, 0.5) is 0 Å². The van der Waals surface area contributed by atoms with Gasteiger partial charge in [-0.05, 0) is 19.8 Å². The van der Waals surface area contributed by atoms with Crippen molar-refractivity contribution in [3.05, 3.63) is 0 Å². The average Bonchev–Trinajstić information content (AvgIpc) is 1.79. The van der Waals surface area contributed by atoms with Gasteiger partial charge in [0, 0.05) is 12.3 Å². The van der Waals surface area contributed by atoms with Crippen molar-refractivity contribution in [3.63, 3.8) is 0 Å². The lowest BCUT2D eigenvalue weighted by Crippen LogP contribution is -1.90. The second kappa shape index (κ2) is 5.15. The van der Waals surface area contributed by atoms with Crippen LogP contribution in [0.3, 0.4) is 0 Å². The zero-order valence-corrected chi connectivity index (χ0v) is 7.20. The molecule has 0 saturated carbocycles. The van der Waals surface area contributed by atoms with Crippen molar-refractivity contribution < 1.29 is 0 Å². The van der Waals surface area contributed by atoms with Gasteiger partial charge in [0.15, 0.2) is 0 Å². The summed E-state index contributed by atoms with van der Waals surface area (Å²) in [4.78, 5) is 8.07. The summed E-state index contributed by atoms with van der Waals surface area (Å²) in [7, 11) is 0. The standard InChI is InChI=1S/C8H16N2/c1-7(2)5-9-6-10-8(3)4/h5-8H,1-4H3. The monoisotopic (exact) mass is 140 g/mol. The highest BCUT2D eigenvalue weighted by Crippen LogP contribution is 1.85. The lowest BCUT2D eigenvalue weighted by Gasteiger charge is -1.91. The topological polar surface area (TPSA) is 24.7 Å². The number of aliphatic imine (C=N–C) groups is 2. The van der Waals surface area contributed by atoms with Crippen LogP contribution in [0.1, 0.15) is 27.7 Å². The number of nitrogens with zero attached hydrogens (tertiary/aromatic N) is 2. The average molecular weight is 140 g/mol. The van der Waals surface area contributed by atoms with Crippen molar-refractivity contribution in [1.29, 1.82) is 0 Å². The van der Waals surface area contributed by atoms with E-state index in [0.29, 0.717) is 12.0 Å². The maximum absolute atomic E-state index is 4.07. The molecule has 2 heteroatoms. The van der Waals surface area contributed by atoms with Gasteiger partial charge in [-0.2, -0.15) is 0 Å². The van der Waals surface area contributed by atoms with Gasteiger partial charge in [0.2, 0.25) is 0 Å². The maximum atomic E-state index is 4.07. The third kappa shape index (κ3) is 7.34. The molecule has 0 bridgehead atoms. The normalized spacial score (nSPS) is 13.0. The Morgan fingerprint density at radius 2 is 1.70 bits per heavy atom. The summed E-state index contributed by atoms with van der Waals surface area (Å²) >= 11 is 0. The molecule has 0 aromatic heterocycles. The largest absolute Gasteiger partial charge is 0.271 e. The van der Waals surface area contributed by atoms with E-state index in [1.807, 2.05) is 20.1 Å². The van der Waals surface area contributed by atoms with Crippen molar-refractivity contribution in [1.82, 2.24) is 0 Å². The highest BCUT2D eigenvalue weighted by atomic mass is 14.9. The molecule has 0 aliphatic heterocycles. The Labute approximate surface area is 63.1 Å². The van der Waals surface area contributed by atoms with Crippen LogP contribution >= 0.6 is 0 Å². The van der Waals surface area contributed by atoms with Gasteiger partial charge in [0.1, 0.15) is 6.34 Å². The number of rotatable bonds is 3. The Morgan fingerprint density at radius 1 is 1.10 bits per heavy atom. The summed E-state index contributed by atoms with van der Waals surface area (Å²) in [6.07, 6.45) is 3.50. The van der Waals surface area contributed by atoms with Crippen LogP contribution in [0.15, 0.2) is 9.98 Å². The molecule has 0 heterocycles. The minimum atomic E-state index is 0.351. The molecule has 0 unspecified atom stereocenters. The van der Waals surface area contributed by atoms with E-state index in [1.165, 1.54) is 0 Å². The van der Waals surface area contributed by atoms with Gasteiger partial charge in [0.25, 0.3) is 0 Å². The predicted molar refractivity (Wildman–Crippen MR) is 47.0 cm³/mol. The SMILES string of the molecule is CC(C)C=NC=NC(C)C. The van der Waals surface area contributed by atoms with E-state index >= 15 is 0 Å².